The highest BCUT2D eigenvalue weighted by Gasteiger charge is 2.13. The Morgan fingerprint density at radius 2 is 2.10 bits per heavy atom. The minimum absolute atomic E-state index is 0.0534. The van der Waals surface area contributed by atoms with Crippen molar-refractivity contribution in [3.8, 4) is 0 Å². The van der Waals surface area contributed by atoms with Crippen molar-refractivity contribution in [3.05, 3.63) is 20.3 Å². The Morgan fingerprint density at radius 3 is 2.62 bits per heavy atom. The van der Waals surface area contributed by atoms with E-state index in [2.05, 4.69) is 28.2 Å². The Bertz CT molecular complexity index is 468. The molecule has 1 aromatic rings. The topological polar surface area (TPSA) is 66.4 Å². The molecule has 1 heterocycles. The van der Waals surface area contributed by atoms with E-state index in [1.54, 1.807) is 0 Å². The van der Waals surface area contributed by atoms with Gasteiger partial charge in [-0.05, 0) is 53.2 Å². The van der Waals surface area contributed by atoms with Crippen molar-refractivity contribution in [3.63, 3.8) is 0 Å². The quantitative estimate of drug-likeness (QED) is 0.678. The number of aryl methyl sites for hydroxylation is 1. The van der Waals surface area contributed by atoms with Crippen molar-refractivity contribution < 1.29 is 14.7 Å². The maximum atomic E-state index is 12.0. The molecule has 4 nitrogen and oxygen atoms in total. The number of carbonyl (C=O) groups excluding carboxylic acids is 1. The van der Waals surface area contributed by atoms with E-state index < -0.39 is 5.97 Å². The predicted octanol–water partition coefficient (Wildman–Crippen LogP) is 4.22. The average Bonchev–Trinajstić information content (AvgIpc) is 2.76. The number of carboxylic acid groups (broad SMARTS) is 1. The lowest BCUT2D eigenvalue weighted by molar-refractivity contribution is -0.137. The van der Waals surface area contributed by atoms with Gasteiger partial charge in [-0.3, -0.25) is 9.59 Å². The zero-order valence-corrected chi connectivity index (χ0v) is 14.8. The van der Waals surface area contributed by atoms with Crippen molar-refractivity contribution in [1.82, 2.24) is 5.32 Å². The molecule has 0 fully saturated rings. The number of carboxylic acids is 1. The highest BCUT2D eigenvalue weighted by atomic mass is 79.9. The number of carbonyl (C=O) groups is 2. The number of rotatable bonds is 9. The molecule has 118 valence electrons. The fourth-order valence-corrected chi connectivity index (χ4v) is 3.67. The van der Waals surface area contributed by atoms with Crippen molar-refractivity contribution >= 4 is 39.1 Å². The van der Waals surface area contributed by atoms with E-state index >= 15 is 0 Å². The van der Waals surface area contributed by atoms with Gasteiger partial charge in [-0.1, -0.05) is 19.8 Å². The molecule has 21 heavy (non-hydrogen) atoms. The van der Waals surface area contributed by atoms with Crippen molar-refractivity contribution in [2.75, 3.05) is 6.54 Å². The van der Waals surface area contributed by atoms with Gasteiger partial charge in [-0.15, -0.1) is 11.3 Å². The Balaban J connectivity index is 2.38. The van der Waals surface area contributed by atoms with Crippen LogP contribution < -0.4 is 5.32 Å². The predicted molar refractivity (Wildman–Crippen MR) is 89.0 cm³/mol. The van der Waals surface area contributed by atoms with Crippen molar-refractivity contribution in [1.29, 1.82) is 0 Å². The molecule has 0 saturated heterocycles. The van der Waals surface area contributed by atoms with Crippen LogP contribution in [-0.2, 0) is 4.79 Å². The number of thiophene rings is 1. The second-order valence-electron chi connectivity index (χ2n) is 5.20. The molecule has 1 atom stereocenters. The molecule has 0 bridgehead atoms. The molecule has 0 saturated carbocycles. The van der Waals surface area contributed by atoms with Gasteiger partial charge in [-0.2, -0.15) is 0 Å². The molecule has 0 aliphatic rings. The zero-order chi connectivity index (χ0) is 15.8. The third kappa shape index (κ3) is 6.61. The fourth-order valence-electron chi connectivity index (χ4n) is 2.22. The number of amides is 1. The first-order valence-electron chi connectivity index (χ1n) is 7.20. The number of hydrogen-bond donors (Lipinski definition) is 2. The van der Waals surface area contributed by atoms with E-state index in [-0.39, 0.29) is 12.3 Å². The van der Waals surface area contributed by atoms with Crippen LogP contribution in [-0.4, -0.2) is 23.5 Å². The highest BCUT2D eigenvalue weighted by molar-refractivity contribution is 9.11. The lowest BCUT2D eigenvalue weighted by Gasteiger charge is -2.15. The normalized spacial score (nSPS) is 12.1. The SMILES string of the molecule is CCCC(CCNC(=O)c1cc(C)c(Br)s1)CCC(=O)O. The highest BCUT2D eigenvalue weighted by Crippen LogP contribution is 2.27. The Hall–Kier alpha value is -0.880. The average molecular weight is 376 g/mol. The summed E-state index contributed by atoms with van der Waals surface area (Å²) in [7, 11) is 0. The molecule has 2 N–H and O–H groups in total. The maximum Gasteiger partial charge on any atom is 0.303 e. The Kier molecular flexibility index (Phi) is 7.96. The van der Waals surface area contributed by atoms with Crippen LogP contribution in [0.25, 0.3) is 0 Å². The van der Waals surface area contributed by atoms with Crippen LogP contribution in [0.15, 0.2) is 9.85 Å². The second-order valence-corrected chi connectivity index (χ2v) is 7.57. The van der Waals surface area contributed by atoms with Gasteiger partial charge in [0.25, 0.3) is 5.91 Å². The number of halogens is 1. The third-order valence-corrected chi connectivity index (χ3v) is 5.52. The lowest BCUT2D eigenvalue weighted by atomic mass is 9.94. The minimum Gasteiger partial charge on any atom is -0.481 e. The molecular formula is C15H22BrNO3S. The summed E-state index contributed by atoms with van der Waals surface area (Å²) in [6.07, 6.45) is 3.76. The largest absolute Gasteiger partial charge is 0.481 e. The first kappa shape index (κ1) is 18.2. The van der Waals surface area contributed by atoms with Crippen LogP contribution in [0, 0.1) is 12.8 Å². The molecule has 0 radical (unpaired) electrons. The van der Waals surface area contributed by atoms with Gasteiger partial charge in [0.15, 0.2) is 0 Å². The van der Waals surface area contributed by atoms with Crippen LogP contribution in [0.5, 0.6) is 0 Å². The van der Waals surface area contributed by atoms with Gasteiger partial charge in [0, 0.05) is 13.0 Å². The van der Waals surface area contributed by atoms with Gasteiger partial charge < -0.3 is 10.4 Å². The maximum absolute atomic E-state index is 12.0. The number of nitrogens with one attached hydrogen (secondary N) is 1. The molecule has 0 aliphatic heterocycles. The van der Waals surface area contributed by atoms with Crippen molar-refractivity contribution in [2.45, 2.75) is 46.0 Å². The van der Waals surface area contributed by atoms with Crippen LogP contribution >= 0.6 is 27.3 Å². The van der Waals surface area contributed by atoms with E-state index in [0.717, 1.165) is 28.6 Å². The molecule has 1 rings (SSSR count). The third-order valence-electron chi connectivity index (χ3n) is 3.38. The van der Waals surface area contributed by atoms with Gasteiger partial charge in [0.05, 0.1) is 8.66 Å². The molecule has 1 aromatic heterocycles. The van der Waals surface area contributed by atoms with Crippen LogP contribution in [0.2, 0.25) is 0 Å². The van der Waals surface area contributed by atoms with Gasteiger partial charge in [-0.25, -0.2) is 0 Å². The second kappa shape index (κ2) is 9.20. The Labute approximate surface area is 138 Å². The summed E-state index contributed by atoms with van der Waals surface area (Å²) in [5.41, 5.74) is 1.07. The van der Waals surface area contributed by atoms with Gasteiger partial charge in [0.2, 0.25) is 0 Å². The summed E-state index contributed by atoms with van der Waals surface area (Å²) in [6.45, 7) is 4.65. The molecule has 6 heteroatoms. The molecule has 1 unspecified atom stereocenters. The number of hydrogen-bond acceptors (Lipinski definition) is 3. The molecule has 1 amide bonds. The summed E-state index contributed by atoms with van der Waals surface area (Å²) < 4.78 is 0.984. The van der Waals surface area contributed by atoms with Crippen LogP contribution in [0.4, 0.5) is 0 Å². The number of aliphatic carboxylic acids is 1. The standard InChI is InChI=1S/C15H22BrNO3S/c1-3-4-11(5-6-13(18)19)7-8-17-15(20)12-9-10(2)14(16)21-12/h9,11H,3-8H2,1-2H3,(H,17,20)(H,18,19). The van der Waals surface area contributed by atoms with E-state index in [1.807, 2.05) is 13.0 Å². The molecule has 0 spiro atoms. The summed E-state index contributed by atoms with van der Waals surface area (Å²) in [5, 5.41) is 11.7. The first-order chi connectivity index (χ1) is 9.93. The summed E-state index contributed by atoms with van der Waals surface area (Å²) in [6, 6.07) is 1.87. The molecule has 0 aliphatic carbocycles. The smallest absolute Gasteiger partial charge is 0.303 e. The molecule has 0 aromatic carbocycles. The van der Waals surface area contributed by atoms with Gasteiger partial charge >= 0.3 is 5.97 Å². The van der Waals surface area contributed by atoms with E-state index in [1.165, 1.54) is 11.3 Å². The first-order valence-corrected chi connectivity index (χ1v) is 8.80. The van der Waals surface area contributed by atoms with Crippen LogP contribution in [0.1, 0.15) is 54.3 Å². The molecular weight excluding hydrogens is 354 g/mol. The van der Waals surface area contributed by atoms with E-state index in [0.29, 0.717) is 23.8 Å². The monoisotopic (exact) mass is 375 g/mol. The van der Waals surface area contributed by atoms with Crippen LogP contribution in [0.3, 0.4) is 0 Å². The summed E-state index contributed by atoms with van der Waals surface area (Å²) in [4.78, 5) is 23.3. The van der Waals surface area contributed by atoms with Gasteiger partial charge in [0.1, 0.15) is 0 Å². The van der Waals surface area contributed by atoms with Crippen molar-refractivity contribution in [2.24, 2.45) is 5.92 Å². The van der Waals surface area contributed by atoms with E-state index in [4.69, 9.17) is 5.11 Å². The fraction of sp³-hybridized carbons (Fsp3) is 0.600. The van der Waals surface area contributed by atoms with E-state index in [9.17, 15) is 9.59 Å². The minimum atomic E-state index is -0.751. The Morgan fingerprint density at radius 1 is 1.38 bits per heavy atom. The zero-order valence-electron chi connectivity index (χ0n) is 12.4. The summed E-state index contributed by atoms with van der Waals surface area (Å²) >= 11 is 4.85. The lowest BCUT2D eigenvalue weighted by Crippen LogP contribution is -2.25. The summed E-state index contributed by atoms with van der Waals surface area (Å²) in [5.74, 6) is -0.440.